The molecule has 0 unspecified atom stereocenters. The normalized spacial score (nSPS) is 22.2. The van der Waals surface area contributed by atoms with Crippen molar-refractivity contribution in [2.24, 2.45) is 5.41 Å². The van der Waals surface area contributed by atoms with Crippen molar-refractivity contribution in [3.63, 3.8) is 0 Å². The molecule has 14 heavy (non-hydrogen) atoms. The molecular formula is C12H23NS. The van der Waals surface area contributed by atoms with Gasteiger partial charge in [0.15, 0.2) is 0 Å². The van der Waals surface area contributed by atoms with Crippen LogP contribution in [0.2, 0.25) is 0 Å². The van der Waals surface area contributed by atoms with Crippen molar-refractivity contribution in [2.75, 3.05) is 25.4 Å². The SMILES string of the molecule is C=C(CS)CN1CCC(C)(CC)CC1. The number of nitrogens with zero attached hydrogens (tertiary/aromatic N) is 1. The topological polar surface area (TPSA) is 3.24 Å². The largest absolute Gasteiger partial charge is 0.299 e. The van der Waals surface area contributed by atoms with Gasteiger partial charge in [0, 0.05) is 12.3 Å². The Labute approximate surface area is 94.0 Å². The lowest BCUT2D eigenvalue weighted by Gasteiger charge is -2.39. The molecule has 0 aromatic rings. The van der Waals surface area contributed by atoms with Crippen molar-refractivity contribution < 1.29 is 0 Å². The molecule has 1 aliphatic heterocycles. The summed E-state index contributed by atoms with van der Waals surface area (Å²) < 4.78 is 0. The molecule has 0 atom stereocenters. The summed E-state index contributed by atoms with van der Waals surface area (Å²) in [6.45, 7) is 12.2. The van der Waals surface area contributed by atoms with Crippen LogP contribution in [-0.4, -0.2) is 30.3 Å². The zero-order chi connectivity index (χ0) is 10.6. The maximum atomic E-state index is 4.24. The minimum atomic E-state index is 0.596. The monoisotopic (exact) mass is 213 g/mol. The maximum absolute atomic E-state index is 4.24. The van der Waals surface area contributed by atoms with Crippen LogP contribution >= 0.6 is 12.6 Å². The van der Waals surface area contributed by atoms with E-state index in [1.807, 2.05) is 0 Å². The average molecular weight is 213 g/mol. The summed E-state index contributed by atoms with van der Waals surface area (Å²) in [5.74, 6) is 0.821. The van der Waals surface area contributed by atoms with Crippen LogP contribution in [0.3, 0.4) is 0 Å². The molecule has 0 spiro atoms. The van der Waals surface area contributed by atoms with Crippen LogP contribution in [0, 0.1) is 5.41 Å². The third-order valence-corrected chi connectivity index (χ3v) is 4.03. The summed E-state index contributed by atoms with van der Waals surface area (Å²) in [6, 6.07) is 0. The highest BCUT2D eigenvalue weighted by Crippen LogP contribution is 2.33. The molecule has 0 aliphatic carbocycles. The minimum Gasteiger partial charge on any atom is -0.299 e. The number of piperidine rings is 1. The Balaban J connectivity index is 2.32. The first-order valence-electron chi connectivity index (χ1n) is 5.59. The van der Waals surface area contributed by atoms with Crippen molar-refractivity contribution in [2.45, 2.75) is 33.1 Å². The molecule has 1 fully saturated rings. The van der Waals surface area contributed by atoms with Gasteiger partial charge in [0.05, 0.1) is 0 Å². The van der Waals surface area contributed by atoms with E-state index in [0.717, 1.165) is 12.3 Å². The summed E-state index contributed by atoms with van der Waals surface area (Å²) in [5.41, 5.74) is 1.84. The van der Waals surface area contributed by atoms with E-state index in [0.29, 0.717) is 5.41 Å². The molecule has 0 amide bonds. The van der Waals surface area contributed by atoms with E-state index in [4.69, 9.17) is 0 Å². The molecule has 1 saturated heterocycles. The standard InChI is InChI=1S/C12H23NS/c1-4-12(3)5-7-13(8-6-12)9-11(2)10-14/h14H,2,4-10H2,1,3H3. The van der Waals surface area contributed by atoms with Crippen molar-refractivity contribution in [1.29, 1.82) is 0 Å². The van der Waals surface area contributed by atoms with E-state index in [1.165, 1.54) is 37.9 Å². The van der Waals surface area contributed by atoms with Gasteiger partial charge < -0.3 is 0 Å². The number of likely N-dealkylation sites (tertiary alicyclic amines) is 1. The molecule has 0 aromatic carbocycles. The lowest BCUT2D eigenvalue weighted by Crippen LogP contribution is -2.39. The molecule has 0 aromatic heterocycles. The number of hydrogen-bond acceptors (Lipinski definition) is 2. The van der Waals surface area contributed by atoms with Gasteiger partial charge in [0.25, 0.3) is 0 Å². The quantitative estimate of drug-likeness (QED) is 0.555. The third-order valence-electron chi connectivity index (χ3n) is 3.59. The van der Waals surface area contributed by atoms with Gasteiger partial charge in [-0.15, -0.1) is 0 Å². The van der Waals surface area contributed by atoms with Crippen molar-refractivity contribution in [3.8, 4) is 0 Å². The Morgan fingerprint density at radius 3 is 2.43 bits per heavy atom. The zero-order valence-electron chi connectivity index (χ0n) is 9.55. The lowest BCUT2D eigenvalue weighted by molar-refractivity contribution is 0.122. The van der Waals surface area contributed by atoms with E-state index in [-0.39, 0.29) is 0 Å². The molecule has 2 heteroatoms. The van der Waals surface area contributed by atoms with Gasteiger partial charge >= 0.3 is 0 Å². The fourth-order valence-corrected chi connectivity index (χ4v) is 2.07. The Bertz CT molecular complexity index is 192. The van der Waals surface area contributed by atoms with Crippen LogP contribution in [0.5, 0.6) is 0 Å². The van der Waals surface area contributed by atoms with Crippen LogP contribution in [0.25, 0.3) is 0 Å². The second-order valence-electron chi connectivity index (χ2n) is 4.85. The van der Waals surface area contributed by atoms with Crippen LogP contribution in [-0.2, 0) is 0 Å². The molecule has 0 N–H and O–H groups in total. The molecule has 0 bridgehead atoms. The molecule has 0 saturated carbocycles. The van der Waals surface area contributed by atoms with Gasteiger partial charge in [-0.25, -0.2) is 0 Å². The predicted octanol–water partition coefficient (Wildman–Crippen LogP) is 2.98. The van der Waals surface area contributed by atoms with Gasteiger partial charge in [-0.3, -0.25) is 4.90 Å². The molecule has 1 nitrogen and oxygen atoms in total. The number of thiol groups is 1. The highest BCUT2D eigenvalue weighted by Gasteiger charge is 2.27. The van der Waals surface area contributed by atoms with Crippen LogP contribution in [0.1, 0.15) is 33.1 Å². The molecule has 1 aliphatic rings. The summed E-state index contributed by atoms with van der Waals surface area (Å²) in [5, 5.41) is 0. The van der Waals surface area contributed by atoms with Crippen LogP contribution in [0.4, 0.5) is 0 Å². The molecule has 82 valence electrons. The maximum Gasteiger partial charge on any atom is 0.0198 e. The fourth-order valence-electron chi connectivity index (χ4n) is 1.97. The molecule has 1 heterocycles. The van der Waals surface area contributed by atoms with E-state index in [2.05, 4.69) is 38.0 Å². The summed E-state index contributed by atoms with van der Waals surface area (Å²) >= 11 is 4.24. The minimum absolute atomic E-state index is 0.596. The first kappa shape index (κ1) is 12.1. The van der Waals surface area contributed by atoms with Crippen LogP contribution < -0.4 is 0 Å². The van der Waals surface area contributed by atoms with Gasteiger partial charge in [0.2, 0.25) is 0 Å². The van der Waals surface area contributed by atoms with E-state index in [1.54, 1.807) is 0 Å². The predicted molar refractivity (Wildman–Crippen MR) is 67.1 cm³/mol. The Kier molecular flexibility index (Phi) is 4.52. The number of rotatable bonds is 4. The van der Waals surface area contributed by atoms with Gasteiger partial charge in [-0.05, 0) is 31.3 Å². The summed E-state index contributed by atoms with van der Waals surface area (Å²) in [7, 11) is 0. The summed E-state index contributed by atoms with van der Waals surface area (Å²) in [4.78, 5) is 2.51. The van der Waals surface area contributed by atoms with Crippen molar-refractivity contribution in [3.05, 3.63) is 12.2 Å². The third kappa shape index (κ3) is 3.32. The highest BCUT2D eigenvalue weighted by molar-refractivity contribution is 7.80. The zero-order valence-corrected chi connectivity index (χ0v) is 10.4. The van der Waals surface area contributed by atoms with E-state index >= 15 is 0 Å². The highest BCUT2D eigenvalue weighted by atomic mass is 32.1. The van der Waals surface area contributed by atoms with Gasteiger partial charge in [-0.1, -0.05) is 32.4 Å². The first-order chi connectivity index (χ1) is 6.59. The summed E-state index contributed by atoms with van der Waals surface area (Å²) in [6.07, 6.45) is 3.99. The second kappa shape index (κ2) is 5.22. The van der Waals surface area contributed by atoms with Gasteiger partial charge in [-0.2, -0.15) is 12.6 Å². The molecular weight excluding hydrogens is 190 g/mol. The Hall–Kier alpha value is 0.0500. The smallest absolute Gasteiger partial charge is 0.0198 e. The van der Waals surface area contributed by atoms with E-state index in [9.17, 15) is 0 Å². The Morgan fingerprint density at radius 2 is 2.00 bits per heavy atom. The van der Waals surface area contributed by atoms with Crippen molar-refractivity contribution in [1.82, 2.24) is 4.90 Å². The van der Waals surface area contributed by atoms with Gasteiger partial charge in [0.1, 0.15) is 0 Å². The fraction of sp³-hybridized carbons (Fsp3) is 0.833. The molecule has 0 radical (unpaired) electrons. The molecule has 1 rings (SSSR count). The first-order valence-corrected chi connectivity index (χ1v) is 6.23. The van der Waals surface area contributed by atoms with Crippen LogP contribution in [0.15, 0.2) is 12.2 Å². The second-order valence-corrected chi connectivity index (χ2v) is 5.16. The average Bonchev–Trinajstić information content (AvgIpc) is 2.21. The number of hydrogen-bond donors (Lipinski definition) is 1. The van der Waals surface area contributed by atoms with Crippen molar-refractivity contribution >= 4 is 12.6 Å². The lowest BCUT2D eigenvalue weighted by atomic mass is 9.78. The Morgan fingerprint density at radius 1 is 1.43 bits per heavy atom. The van der Waals surface area contributed by atoms with E-state index < -0.39 is 0 Å².